The van der Waals surface area contributed by atoms with Gasteiger partial charge in [0.15, 0.2) is 0 Å². The lowest BCUT2D eigenvalue weighted by Gasteiger charge is -2.20. The van der Waals surface area contributed by atoms with Gasteiger partial charge in [-0.25, -0.2) is 13.6 Å². The van der Waals surface area contributed by atoms with E-state index in [-0.39, 0.29) is 10.8 Å². The number of sulfonamides is 1. The number of hydrogen-bond acceptors (Lipinski definition) is 5. The van der Waals surface area contributed by atoms with Crippen LogP contribution in [0.2, 0.25) is 0 Å². The highest BCUT2D eigenvalue weighted by Gasteiger charge is 2.51. The number of carbonyl (C=O) groups is 2. The summed E-state index contributed by atoms with van der Waals surface area (Å²) >= 11 is 0. The van der Waals surface area contributed by atoms with Crippen molar-refractivity contribution >= 4 is 21.8 Å². The summed E-state index contributed by atoms with van der Waals surface area (Å²) in [5.74, 6) is -0.857. The first-order valence-electron chi connectivity index (χ1n) is 7.01. The summed E-state index contributed by atoms with van der Waals surface area (Å²) in [6.45, 7) is -0.508. The second kappa shape index (κ2) is 6.26. The van der Waals surface area contributed by atoms with Gasteiger partial charge in [0, 0.05) is 7.05 Å². The van der Waals surface area contributed by atoms with Gasteiger partial charge in [0.05, 0.1) is 16.9 Å². The summed E-state index contributed by atoms with van der Waals surface area (Å²) in [5.41, 5.74) is -0.144. The predicted octanol–water partition coefficient (Wildman–Crippen LogP) is -1.41. The van der Waals surface area contributed by atoms with Gasteiger partial charge < -0.3 is 15.7 Å². The lowest BCUT2D eigenvalue weighted by molar-refractivity contribution is -0.131. The van der Waals surface area contributed by atoms with Crippen molar-refractivity contribution in [3.63, 3.8) is 0 Å². The van der Waals surface area contributed by atoms with Crippen molar-refractivity contribution in [1.29, 1.82) is 0 Å². The topological polar surface area (TPSA) is 139 Å². The maximum absolute atomic E-state index is 12.5. The van der Waals surface area contributed by atoms with Crippen molar-refractivity contribution in [2.24, 2.45) is 5.14 Å². The Morgan fingerprint density at radius 1 is 1.30 bits per heavy atom. The Bertz CT molecular complexity index is 710. The number of benzene rings is 1. The molecule has 1 aliphatic carbocycles. The lowest BCUT2D eigenvalue weighted by Crippen LogP contribution is -2.50. The van der Waals surface area contributed by atoms with Gasteiger partial charge in [-0.15, -0.1) is 0 Å². The first kappa shape index (κ1) is 17.4. The van der Waals surface area contributed by atoms with Crippen molar-refractivity contribution in [1.82, 2.24) is 10.6 Å². The fraction of sp³-hybridized carbons (Fsp3) is 0.429. The third-order valence-electron chi connectivity index (χ3n) is 3.97. The number of primary sulfonamides is 1. The highest BCUT2D eigenvalue weighted by molar-refractivity contribution is 7.89. The first-order chi connectivity index (χ1) is 10.7. The molecule has 2 rings (SSSR count). The summed E-state index contributed by atoms with van der Waals surface area (Å²) in [5, 5.41) is 19.1. The van der Waals surface area contributed by atoms with Gasteiger partial charge in [-0.1, -0.05) is 12.1 Å². The molecule has 1 aliphatic rings. The number of hydrogen-bond donors (Lipinski definition) is 4. The zero-order chi connectivity index (χ0) is 17.3. The fourth-order valence-corrected chi connectivity index (χ4v) is 2.92. The van der Waals surface area contributed by atoms with E-state index in [4.69, 9.17) is 5.14 Å². The number of nitrogens with two attached hydrogens (primary N) is 1. The van der Waals surface area contributed by atoms with Gasteiger partial charge in [0.2, 0.25) is 21.8 Å². The molecule has 0 unspecified atom stereocenters. The molecular weight excluding hydrogens is 322 g/mol. The predicted molar refractivity (Wildman–Crippen MR) is 81.8 cm³/mol. The summed E-state index contributed by atoms with van der Waals surface area (Å²) in [6.07, 6.45) is 1.17. The van der Waals surface area contributed by atoms with Gasteiger partial charge >= 0.3 is 0 Å². The average Bonchev–Trinajstić information content (AvgIpc) is 3.32. The fourth-order valence-electron chi connectivity index (χ4n) is 2.40. The standard InChI is InChI=1S/C14H19N3O5S/c1-16-12(19)11(8-18)17-13(20)14(6-7-14)9-2-4-10(5-3-9)23(15,21)22/h2-5,11,18H,6-8H2,1H3,(H,16,19)(H,17,20)(H2,15,21,22)/t11-/m1/s1. The molecule has 0 bridgehead atoms. The highest BCUT2D eigenvalue weighted by Crippen LogP contribution is 2.48. The minimum absolute atomic E-state index is 0.0314. The zero-order valence-corrected chi connectivity index (χ0v) is 13.4. The van der Waals surface area contributed by atoms with E-state index in [0.717, 1.165) is 0 Å². The van der Waals surface area contributed by atoms with E-state index in [1.165, 1.54) is 19.2 Å². The van der Waals surface area contributed by atoms with E-state index in [2.05, 4.69) is 10.6 Å². The summed E-state index contributed by atoms with van der Waals surface area (Å²) in [4.78, 5) is 24.0. The average molecular weight is 341 g/mol. The molecule has 0 spiro atoms. The number of nitrogens with one attached hydrogen (secondary N) is 2. The summed E-state index contributed by atoms with van der Waals surface area (Å²) in [7, 11) is -2.38. The molecule has 126 valence electrons. The molecule has 1 saturated carbocycles. The number of carbonyl (C=O) groups excluding carboxylic acids is 2. The molecule has 5 N–H and O–H groups in total. The molecule has 1 fully saturated rings. The number of amides is 2. The van der Waals surface area contributed by atoms with Crippen molar-refractivity contribution in [2.75, 3.05) is 13.7 Å². The van der Waals surface area contributed by atoms with Crippen LogP contribution >= 0.6 is 0 Å². The summed E-state index contributed by atoms with van der Waals surface area (Å²) in [6, 6.07) is 4.76. The molecule has 0 radical (unpaired) electrons. The van der Waals surface area contributed by atoms with Crippen molar-refractivity contribution < 1.29 is 23.1 Å². The van der Waals surface area contributed by atoms with E-state index >= 15 is 0 Å². The van der Waals surface area contributed by atoms with Gasteiger partial charge in [-0.05, 0) is 30.5 Å². The molecule has 1 aromatic carbocycles. The quantitative estimate of drug-likeness (QED) is 0.503. The zero-order valence-electron chi connectivity index (χ0n) is 12.6. The van der Waals surface area contributed by atoms with Crippen LogP contribution in [0.1, 0.15) is 18.4 Å². The van der Waals surface area contributed by atoms with Gasteiger partial charge in [0.25, 0.3) is 0 Å². The Hall–Kier alpha value is -1.97. The molecule has 1 aromatic rings. The van der Waals surface area contributed by atoms with Crippen molar-refractivity contribution in [2.45, 2.75) is 29.2 Å². The van der Waals surface area contributed by atoms with Crippen molar-refractivity contribution in [3.8, 4) is 0 Å². The van der Waals surface area contributed by atoms with Crippen LogP contribution < -0.4 is 15.8 Å². The second-order valence-corrected chi connectivity index (χ2v) is 7.04. The van der Waals surface area contributed by atoms with E-state index in [9.17, 15) is 23.1 Å². The third kappa shape index (κ3) is 3.52. The molecule has 1 atom stereocenters. The molecule has 8 nitrogen and oxygen atoms in total. The van der Waals surface area contributed by atoms with Gasteiger partial charge in [0.1, 0.15) is 6.04 Å². The lowest BCUT2D eigenvalue weighted by atomic mass is 9.94. The van der Waals surface area contributed by atoms with Crippen LogP contribution in [-0.4, -0.2) is 45.0 Å². The van der Waals surface area contributed by atoms with Crippen LogP contribution in [-0.2, 0) is 25.0 Å². The molecule has 0 heterocycles. The Kier molecular flexibility index (Phi) is 4.73. The van der Waals surface area contributed by atoms with Crippen LogP contribution in [0.5, 0.6) is 0 Å². The number of rotatable bonds is 6. The van der Waals surface area contributed by atoms with Crippen LogP contribution in [0.3, 0.4) is 0 Å². The Labute approximate surface area is 134 Å². The Morgan fingerprint density at radius 3 is 2.26 bits per heavy atom. The van der Waals surface area contributed by atoms with Crippen molar-refractivity contribution in [3.05, 3.63) is 29.8 Å². The van der Waals surface area contributed by atoms with Crippen LogP contribution in [0.15, 0.2) is 29.2 Å². The molecule has 0 aliphatic heterocycles. The first-order valence-corrected chi connectivity index (χ1v) is 8.56. The van der Waals surface area contributed by atoms with E-state index in [1.54, 1.807) is 12.1 Å². The van der Waals surface area contributed by atoms with Crippen LogP contribution in [0.4, 0.5) is 0 Å². The monoisotopic (exact) mass is 341 g/mol. The second-order valence-electron chi connectivity index (χ2n) is 5.47. The Morgan fingerprint density at radius 2 is 1.87 bits per heavy atom. The third-order valence-corrected chi connectivity index (χ3v) is 4.90. The molecular formula is C14H19N3O5S. The number of likely N-dealkylation sites (N-methyl/N-ethyl adjacent to an activating group) is 1. The molecule has 2 amide bonds. The van der Waals surface area contributed by atoms with E-state index in [1.807, 2.05) is 0 Å². The minimum atomic E-state index is -3.79. The molecule has 0 aromatic heterocycles. The molecule has 9 heteroatoms. The number of aliphatic hydroxyl groups is 1. The molecule has 0 saturated heterocycles. The Balaban J connectivity index is 2.19. The maximum Gasteiger partial charge on any atom is 0.244 e. The van der Waals surface area contributed by atoms with Gasteiger partial charge in [-0.3, -0.25) is 9.59 Å². The maximum atomic E-state index is 12.5. The largest absolute Gasteiger partial charge is 0.394 e. The highest BCUT2D eigenvalue weighted by atomic mass is 32.2. The normalized spacial score (nSPS) is 17.2. The van der Waals surface area contributed by atoms with Crippen LogP contribution in [0.25, 0.3) is 0 Å². The number of aliphatic hydroxyl groups excluding tert-OH is 1. The minimum Gasteiger partial charge on any atom is -0.394 e. The van der Waals surface area contributed by atoms with Gasteiger partial charge in [-0.2, -0.15) is 0 Å². The SMILES string of the molecule is CNC(=O)[C@@H](CO)NC(=O)C1(c2ccc(S(N)(=O)=O)cc2)CC1. The van der Waals surface area contributed by atoms with Crippen LogP contribution in [0, 0.1) is 0 Å². The van der Waals surface area contributed by atoms with E-state index < -0.39 is 34.0 Å². The molecule has 23 heavy (non-hydrogen) atoms. The summed E-state index contributed by atoms with van der Waals surface area (Å²) < 4.78 is 22.5. The smallest absolute Gasteiger partial charge is 0.244 e. The van der Waals surface area contributed by atoms with E-state index in [0.29, 0.717) is 18.4 Å².